The predicted molar refractivity (Wildman–Crippen MR) is 165 cm³/mol. The van der Waals surface area contributed by atoms with Crippen LogP contribution in [-0.2, 0) is 6.61 Å². The number of furan rings is 1. The molecule has 4 aromatic carbocycles. The van der Waals surface area contributed by atoms with Gasteiger partial charge in [0.05, 0.1) is 13.0 Å². The molecule has 0 fully saturated rings. The second-order valence-electron chi connectivity index (χ2n) is 10.0. The molecule has 1 aliphatic heterocycles. The van der Waals surface area contributed by atoms with Crippen LogP contribution >= 0.6 is 23.2 Å². The zero-order valence-corrected chi connectivity index (χ0v) is 25.0. The number of esters is 1. The quantitative estimate of drug-likeness (QED) is 0.142. The van der Waals surface area contributed by atoms with E-state index < -0.39 is 11.9 Å². The van der Waals surface area contributed by atoms with Gasteiger partial charge >= 0.3 is 5.97 Å². The number of aryl methyl sites for hydroxylation is 1. The normalized spacial score (nSPS) is 14.0. The van der Waals surface area contributed by atoms with E-state index in [0.29, 0.717) is 50.6 Å². The van der Waals surface area contributed by atoms with Crippen LogP contribution < -0.4 is 24.7 Å². The van der Waals surface area contributed by atoms with Gasteiger partial charge < -0.3 is 29.1 Å². The Morgan fingerprint density at radius 3 is 2.50 bits per heavy atom. The second-order valence-corrected chi connectivity index (χ2v) is 10.9. The smallest absolute Gasteiger partial charge is 0.379 e. The Labute approximate surface area is 262 Å². The Balaban J connectivity index is 1.28. The fraction of sp³-hybridized carbons (Fsp3) is 0.118. The minimum absolute atomic E-state index is 0.0551. The standard InChI is InChI=1S/C34H24Cl2N2O6/c1-18-25-14-22(36)8-12-27(25)43-32(18)34(39)42-23-9-10-24-29(15-23)44-33(38)26(16-37)31(24)20-5-11-28(30(13-20)40-2)41-17-19-3-6-21(35)7-4-19/h3-15,31H,17,38H2,1-2H3. The number of nitriles is 1. The van der Waals surface area contributed by atoms with Crippen molar-refractivity contribution in [2.24, 2.45) is 5.73 Å². The number of hydrogen-bond donors (Lipinski definition) is 1. The van der Waals surface area contributed by atoms with Crippen LogP contribution in [0.1, 0.15) is 38.7 Å². The first-order valence-corrected chi connectivity index (χ1v) is 14.2. The summed E-state index contributed by atoms with van der Waals surface area (Å²) in [5.41, 5.74) is 9.90. The highest BCUT2D eigenvalue weighted by molar-refractivity contribution is 6.31. The lowest BCUT2D eigenvalue weighted by Gasteiger charge is -2.27. The summed E-state index contributed by atoms with van der Waals surface area (Å²) in [5.74, 6) is 0.315. The highest BCUT2D eigenvalue weighted by Crippen LogP contribution is 2.45. The highest BCUT2D eigenvalue weighted by atomic mass is 35.5. The van der Waals surface area contributed by atoms with E-state index in [4.69, 9.17) is 52.3 Å². The van der Waals surface area contributed by atoms with Crippen LogP contribution in [0.25, 0.3) is 11.0 Å². The minimum atomic E-state index is -0.678. The van der Waals surface area contributed by atoms with E-state index >= 15 is 0 Å². The van der Waals surface area contributed by atoms with E-state index in [1.54, 1.807) is 74.7 Å². The van der Waals surface area contributed by atoms with E-state index in [0.717, 1.165) is 16.5 Å². The van der Waals surface area contributed by atoms with Crippen molar-refractivity contribution in [3.8, 4) is 29.1 Å². The first kappa shape index (κ1) is 29.0. The predicted octanol–water partition coefficient (Wildman–Crippen LogP) is 8.07. The van der Waals surface area contributed by atoms with E-state index in [1.807, 2.05) is 18.2 Å². The lowest BCUT2D eigenvalue weighted by atomic mass is 9.83. The van der Waals surface area contributed by atoms with Gasteiger partial charge in [-0.05, 0) is 66.6 Å². The lowest BCUT2D eigenvalue weighted by Crippen LogP contribution is -2.21. The number of nitrogens with zero attached hydrogens (tertiary/aromatic N) is 1. The second kappa shape index (κ2) is 11.9. The van der Waals surface area contributed by atoms with E-state index in [1.165, 1.54) is 0 Å². The van der Waals surface area contributed by atoms with E-state index in [9.17, 15) is 10.1 Å². The molecule has 5 aromatic rings. The molecule has 0 amide bonds. The van der Waals surface area contributed by atoms with Crippen molar-refractivity contribution in [1.82, 2.24) is 0 Å². The number of rotatable bonds is 7. The summed E-state index contributed by atoms with van der Waals surface area (Å²) in [6.45, 7) is 2.07. The van der Waals surface area contributed by atoms with Gasteiger partial charge in [-0.3, -0.25) is 0 Å². The molecule has 1 atom stereocenters. The SMILES string of the molecule is COc1cc(C2C(C#N)=C(N)Oc3cc(OC(=O)c4oc5ccc(Cl)cc5c4C)ccc32)ccc1OCc1ccc(Cl)cc1. The Morgan fingerprint density at radius 2 is 1.75 bits per heavy atom. The van der Waals surface area contributed by atoms with Crippen molar-refractivity contribution in [3.63, 3.8) is 0 Å². The van der Waals surface area contributed by atoms with Gasteiger partial charge in [0, 0.05) is 32.6 Å². The summed E-state index contributed by atoms with van der Waals surface area (Å²) >= 11 is 12.1. The Hall–Kier alpha value is -5.10. The van der Waals surface area contributed by atoms with Crippen LogP contribution in [0, 0.1) is 18.3 Å². The van der Waals surface area contributed by atoms with Crippen molar-refractivity contribution < 1.29 is 28.2 Å². The Morgan fingerprint density at radius 1 is 0.977 bits per heavy atom. The number of hydrogen-bond acceptors (Lipinski definition) is 8. The van der Waals surface area contributed by atoms with E-state index in [2.05, 4.69) is 6.07 Å². The van der Waals surface area contributed by atoms with E-state index in [-0.39, 0.29) is 23.0 Å². The molecule has 0 spiro atoms. The topological polar surface area (TPSA) is 117 Å². The fourth-order valence-electron chi connectivity index (χ4n) is 5.11. The van der Waals surface area contributed by atoms with Crippen molar-refractivity contribution in [2.75, 3.05) is 7.11 Å². The zero-order chi connectivity index (χ0) is 31.0. The monoisotopic (exact) mass is 626 g/mol. The Kier molecular flexibility index (Phi) is 7.83. The molecule has 220 valence electrons. The van der Waals surface area contributed by atoms with Crippen LogP contribution in [-0.4, -0.2) is 13.1 Å². The van der Waals surface area contributed by atoms with Gasteiger partial charge in [-0.25, -0.2) is 4.79 Å². The van der Waals surface area contributed by atoms with Crippen molar-refractivity contribution >= 4 is 40.1 Å². The van der Waals surface area contributed by atoms with Crippen LogP contribution in [0.15, 0.2) is 94.7 Å². The summed E-state index contributed by atoms with van der Waals surface area (Å²) in [5, 5.41) is 11.9. The number of methoxy groups -OCH3 is 1. The van der Waals surface area contributed by atoms with Gasteiger partial charge in [-0.2, -0.15) is 5.26 Å². The minimum Gasteiger partial charge on any atom is -0.493 e. The molecule has 2 heterocycles. The molecule has 1 aliphatic rings. The molecule has 0 bridgehead atoms. The number of halogens is 2. The third kappa shape index (κ3) is 5.51. The summed E-state index contributed by atoms with van der Waals surface area (Å²) in [6, 6.07) is 25.0. The summed E-state index contributed by atoms with van der Waals surface area (Å²) in [7, 11) is 1.54. The first-order valence-electron chi connectivity index (χ1n) is 13.4. The number of benzene rings is 4. The molecular weight excluding hydrogens is 603 g/mol. The molecule has 6 rings (SSSR count). The van der Waals surface area contributed by atoms with Gasteiger partial charge in [0.15, 0.2) is 11.5 Å². The lowest BCUT2D eigenvalue weighted by molar-refractivity contribution is 0.0702. The molecule has 8 nitrogen and oxygen atoms in total. The van der Waals surface area contributed by atoms with Gasteiger partial charge in [0.25, 0.3) is 0 Å². The summed E-state index contributed by atoms with van der Waals surface area (Å²) in [6.07, 6.45) is 0. The molecule has 0 saturated heterocycles. The molecule has 44 heavy (non-hydrogen) atoms. The van der Waals surface area contributed by atoms with Crippen molar-refractivity contribution in [2.45, 2.75) is 19.4 Å². The maximum Gasteiger partial charge on any atom is 0.379 e. The number of fused-ring (bicyclic) bond motifs is 2. The van der Waals surface area contributed by atoms with Gasteiger partial charge in [-0.15, -0.1) is 0 Å². The average Bonchev–Trinajstić information content (AvgIpc) is 3.35. The summed E-state index contributed by atoms with van der Waals surface area (Å²) < 4.78 is 28.8. The first-order chi connectivity index (χ1) is 21.2. The summed E-state index contributed by atoms with van der Waals surface area (Å²) in [4.78, 5) is 13.1. The van der Waals surface area contributed by atoms with Gasteiger partial charge in [-0.1, -0.05) is 47.5 Å². The fourth-order valence-corrected chi connectivity index (χ4v) is 5.41. The molecule has 1 unspecified atom stereocenters. The molecule has 10 heteroatoms. The largest absolute Gasteiger partial charge is 0.493 e. The van der Waals surface area contributed by atoms with Crippen molar-refractivity contribution in [3.05, 3.63) is 128 Å². The maximum absolute atomic E-state index is 13.1. The third-order valence-corrected chi connectivity index (χ3v) is 7.80. The van der Waals surface area contributed by atoms with Gasteiger partial charge in [0.1, 0.15) is 35.3 Å². The number of allylic oxidation sites excluding steroid dienone is 1. The zero-order valence-electron chi connectivity index (χ0n) is 23.5. The molecular formula is C34H24Cl2N2O6. The molecule has 1 aromatic heterocycles. The number of carbonyl (C=O) groups excluding carboxylic acids is 1. The molecule has 0 saturated carbocycles. The molecule has 2 N–H and O–H groups in total. The number of ether oxygens (including phenoxy) is 4. The average molecular weight is 627 g/mol. The molecule has 0 radical (unpaired) electrons. The third-order valence-electron chi connectivity index (χ3n) is 7.31. The van der Waals surface area contributed by atoms with Gasteiger partial charge in [0.2, 0.25) is 11.6 Å². The maximum atomic E-state index is 13.1. The van der Waals surface area contributed by atoms with Crippen LogP contribution in [0.5, 0.6) is 23.0 Å². The highest BCUT2D eigenvalue weighted by Gasteiger charge is 2.32. The van der Waals surface area contributed by atoms with Crippen LogP contribution in [0.3, 0.4) is 0 Å². The van der Waals surface area contributed by atoms with Crippen molar-refractivity contribution in [1.29, 1.82) is 5.26 Å². The Bertz CT molecular complexity index is 1990. The number of nitrogens with two attached hydrogens (primary N) is 1. The number of carbonyl (C=O) groups is 1. The van der Waals surface area contributed by atoms with Crippen LogP contribution in [0.4, 0.5) is 0 Å². The molecule has 0 aliphatic carbocycles. The van der Waals surface area contributed by atoms with Crippen LogP contribution in [0.2, 0.25) is 10.0 Å².